The first-order chi connectivity index (χ1) is 9.34. The summed E-state index contributed by atoms with van der Waals surface area (Å²) < 4.78 is 1.11. The SMILES string of the molecule is Brc1ccc(NCc2cncnc2)c2ccccc12. The summed E-state index contributed by atoms with van der Waals surface area (Å²) in [7, 11) is 0. The van der Waals surface area contributed by atoms with Crippen LogP contribution in [0, 0.1) is 0 Å². The Morgan fingerprint density at radius 1 is 0.947 bits per heavy atom. The minimum Gasteiger partial charge on any atom is -0.380 e. The van der Waals surface area contributed by atoms with E-state index in [0.29, 0.717) is 6.54 Å². The van der Waals surface area contributed by atoms with Crippen molar-refractivity contribution >= 4 is 32.4 Å². The molecule has 1 heterocycles. The molecule has 3 rings (SSSR count). The summed E-state index contributed by atoms with van der Waals surface area (Å²) in [5.74, 6) is 0. The molecule has 0 aliphatic rings. The van der Waals surface area contributed by atoms with Gasteiger partial charge in [-0.15, -0.1) is 0 Å². The minimum atomic E-state index is 0.715. The fraction of sp³-hybridized carbons (Fsp3) is 0.0667. The largest absolute Gasteiger partial charge is 0.380 e. The van der Waals surface area contributed by atoms with Crippen LogP contribution in [0.4, 0.5) is 5.69 Å². The van der Waals surface area contributed by atoms with E-state index >= 15 is 0 Å². The molecule has 0 bridgehead atoms. The van der Waals surface area contributed by atoms with Crippen LogP contribution in [0.15, 0.2) is 59.6 Å². The molecule has 1 aromatic heterocycles. The van der Waals surface area contributed by atoms with Crippen LogP contribution in [0.5, 0.6) is 0 Å². The molecule has 0 aliphatic carbocycles. The highest BCUT2D eigenvalue weighted by molar-refractivity contribution is 9.10. The van der Waals surface area contributed by atoms with Gasteiger partial charge in [0, 0.05) is 40.0 Å². The third-order valence-electron chi connectivity index (χ3n) is 2.97. The van der Waals surface area contributed by atoms with Crippen LogP contribution >= 0.6 is 15.9 Å². The first-order valence-electron chi connectivity index (χ1n) is 5.99. The Hall–Kier alpha value is -1.94. The normalized spacial score (nSPS) is 10.6. The molecule has 3 aromatic rings. The van der Waals surface area contributed by atoms with Crippen molar-refractivity contribution in [3.05, 3.63) is 65.2 Å². The first-order valence-corrected chi connectivity index (χ1v) is 6.79. The summed E-state index contributed by atoms with van der Waals surface area (Å²) in [4.78, 5) is 8.03. The topological polar surface area (TPSA) is 37.8 Å². The molecule has 19 heavy (non-hydrogen) atoms. The summed E-state index contributed by atoms with van der Waals surface area (Å²) in [6, 6.07) is 12.5. The number of halogens is 1. The van der Waals surface area contributed by atoms with Gasteiger partial charge >= 0.3 is 0 Å². The second-order valence-electron chi connectivity index (χ2n) is 4.24. The highest BCUT2D eigenvalue weighted by atomic mass is 79.9. The Labute approximate surface area is 119 Å². The number of rotatable bonds is 3. The van der Waals surface area contributed by atoms with E-state index in [1.165, 1.54) is 10.8 Å². The monoisotopic (exact) mass is 313 g/mol. The Kier molecular flexibility index (Phi) is 3.42. The average Bonchev–Trinajstić information content (AvgIpc) is 2.48. The van der Waals surface area contributed by atoms with Gasteiger partial charge < -0.3 is 5.32 Å². The van der Waals surface area contributed by atoms with Gasteiger partial charge in [0.15, 0.2) is 0 Å². The molecule has 0 unspecified atom stereocenters. The van der Waals surface area contributed by atoms with Crippen molar-refractivity contribution in [3.63, 3.8) is 0 Å². The van der Waals surface area contributed by atoms with Gasteiger partial charge in [-0.2, -0.15) is 0 Å². The third-order valence-corrected chi connectivity index (χ3v) is 3.66. The van der Waals surface area contributed by atoms with Crippen molar-refractivity contribution in [1.82, 2.24) is 9.97 Å². The maximum absolute atomic E-state index is 4.01. The number of nitrogens with zero attached hydrogens (tertiary/aromatic N) is 2. The number of anilines is 1. The van der Waals surface area contributed by atoms with Gasteiger partial charge in [0.25, 0.3) is 0 Å². The van der Waals surface area contributed by atoms with Gasteiger partial charge in [0.1, 0.15) is 6.33 Å². The van der Waals surface area contributed by atoms with Gasteiger partial charge in [-0.3, -0.25) is 0 Å². The number of aromatic nitrogens is 2. The van der Waals surface area contributed by atoms with Crippen LogP contribution in [0.2, 0.25) is 0 Å². The zero-order valence-electron chi connectivity index (χ0n) is 10.2. The summed E-state index contributed by atoms with van der Waals surface area (Å²) >= 11 is 3.58. The summed E-state index contributed by atoms with van der Waals surface area (Å²) in [5, 5.41) is 5.84. The Bertz CT molecular complexity index is 698. The van der Waals surface area contributed by atoms with Gasteiger partial charge in [-0.05, 0) is 17.5 Å². The van der Waals surface area contributed by atoms with Crippen molar-refractivity contribution in [3.8, 4) is 0 Å². The number of benzene rings is 2. The van der Waals surface area contributed by atoms with E-state index in [2.05, 4.69) is 55.5 Å². The molecule has 0 saturated heterocycles. The van der Waals surface area contributed by atoms with Crippen LogP contribution < -0.4 is 5.32 Å². The molecule has 0 radical (unpaired) electrons. The maximum atomic E-state index is 4.01. The lowest BCUT2D eigenvalue weighted by Crippen LogP contribution is -2.00. The molecule has 2 aromatic carbocycles. The van der Waals surface area contributed by atoms with Crippen LogP contribution in [-0.4, -0.2) is 9.97 Å². The van der Waals surface area contributed by atoms with Crippen molar-refractivity contribution < 1.29 is 0 Å². The van der Waals surface area contributed by atoms with Crippen LogP contribution in [0.1, 0.15) is 5.56 Å². The van der Waals surface area contributed by atoms with E-state index < -0.39 is 0 Å². The Balaban J connectivity index is 1.91. The number of nitrogens with one attached hydrogen (secondary N) is 1. The second-order valence-corrected chi connectivity index (χ2v) is 5.10. The lowest BCUT2D eigenvalue weighted by Gasteiger charge is -2.10. The molecule has 0 amide bonds. The predicted molar refractivity (Wildman–Crippen MR) is 81.0 cm³/mol. The van der Waals surface area contributed by atoms with E-state index in [-0.39, 0.29) is 0 Å². The van der Waals surface area contributed by atoms with E-state index in [4.69, 9.17) is 0 Å². The number of fused-ring (bicyclic) bond motifs is 1. The lowest BCUT2D eigenvalue weighted by atomic mass is 10.1. The van der Waals surface area contributed by atoms with Gasteiger partial charge in [-0.1, -0.05) is 40.2 Å². The Morgan fingerprint density at radius 3 is 2.47 bits per heavy atom. The molecule has 0 spiro atoms. The molecule has 0 saturated carbocycles. The van der Waals surface area contributed by atoms with Crippen LogP contribution in [0.25, 0.3) is 10.8 Å². The molecule has 1 N–H and O–H groups in total. The van der Waals surface area contributed by atoms with Crippen LogP contribution in [-0.2, 0) is 6.54 Å². The van der Waals surface area contributed by atoms with Gasteiger partial charge in [0.2, 0.25) is 0 Å². The summed E-state index contributed by atoms with van der Waals surface area (Å²) in [5.41, 5.74) is 2.18. The van der Waals surface area contributed by atoms with Crippen molar-refractivity contribution in [2.24, 2.45) is 0 Å². The first kappa shape index (κ1) is 12.1. The molecule has 0 atom stereocenters. The molecular weight excluding hydrogens is 302 g/mol. The van der Waals surface area contributed by atoms with E-state index in [1.54, 1.807) is 6.33 Å². The highest BCUT2D eigenvalue weighted by Crippen LogP contribution is 2.30. The number of hydrogen-bond donors (Lipinski definition) is 1. The summed E-state index contributed by atoms with van der Waals surface area (Å²) in [6.45, 7) is 0.715. The average molecular weight is 314 g/mol. The molecule has 0 fully saturated rings. The highest BCUT2D eigenvalue weighted by Gasteiger charge is 2.03. The smallest absolute Gasteiger partial charge is 0.115 e. The van der Waals surface area contributed by atoms with Crippen molar-refractivity contribution in [1.29, 1.82) is 0 Å². The van der Waals surface area contributed by atoms with Crippen LogP contribution in [0.3, 0.4) is 0 Å². The molecule has 4 heteroatoms. The molecule has 0 aliphatic heterocycles. The van der Waals surface area contributed by atoms with Gasteiger partial charge in [0.05, 0.1) is 0 Å². The lowest BCUT2D eigenvalue weighted by molar-refractivity contribution is 1.05. The molecule has 3 nitrogen and oxygen atoms in total. The van der Waals surface area contributed by atoms with Crippen molar-refractivity contribution in [2.45, 2.75) is 6.54 Å². The van der Waals surface area contributed by atoms with E-state index in [9.17, 15) is 0 Å². The third kappa shape index (κ3) is 2.58. The minimum absolute atomic E-state index is 0.715. The fourth-order valence-corrected chi connectivity index (χ4v) is 2.51. The van der Waals surface area contributed by atoms with E-state index in [0.717, 1.165) is 15.7 Å². The summed E-state index contributed by atoms with van der Waals surface area (Å²) in [6.07, 6.45) is 5.18. The van der Waals surface area contributed by atoms with Crippen molar-refractivity contribution in [2.75, 3.05) is 5.32 Å². The van der Waals surface area contributed by atoms with E-state index in [1.807, 2.05) is 24.5 Å². The number of hydrogen-bond acceptors (Lipinski definition) is 3. The second kappa shape index (κ2) is 5.36. The molecule has 94 valence electrons. The Morgan fingerprint density at radius 2 is 1.68 bits per heavy atom. The van der Waals surface area contributed by atoms with Gasteiger partial charge in [-0.25, -0.2) is 9.97 Å². The fourth-order valence-electron chi connectivity index (χ4n) is 2.03. The quantitative estimate of drug-likeness (QED) is 0.794. The maximum Gasteiger partial charge on any atom is 0.115 e. The predicted octanol–water partition coefficient (Wildman–Crippen LogP) is 4.00. The standard InChI is InChI=1S/C15H12BrN3/c16-14-5-6-15(13-4-2-1-3-12(13)14)19-9-11-7-17-10-18-8-11/h1-8,10,19H,9H2. The zero-order valence-corrected chi connectivity index (χ0v) is 11.8. The zero-order chi connectivity index (χ0) is 13.1. The molecular formula is C15H12BrN3.